The molecule has 1 saturated heterocycles. The van der Waals surface area contributed by atoms with Crippen molar-refractivity contribution in [2.75, 3.05) is 19.7 Å². The molecule has 8 heteroatoms. The Morgan fingerprint density at radius 3 is 2.37 bits per heavy atom. The number of carbonyl (C=O) groups excluding carboxylic acids is 1. The zero-order valence-corrected chi connectivity index (χ0v) is 12.5. The summed E-state index contributed by atoms with van der Waals surface area (Å²) in [6, 6.07) is 0. The summed E-state index contributed by atoms with van der Waals surface area (Å²) in [6.45, 7) is 4.21. The Hall–Kier alpha value is -0.500. The van der Waals surface area contributed by atoms with E-state index in [0.29, 0.717) is 0 Å². The highest BCUT2D eigenvalue weighted by atomic mass is 79.9. The van der Waals surface area contributed by atoms with E-state index in [9.17, 15) is 18.0 Å². The van der Waals surface area contributed by atoms with Crippen LogP contribution < -0.4 is 0 Å². The normalized spacial score (nSPS) is 24.7. The lowest BCUT2D eigenvalue weighted by Crippen LogP contribution is -2.36. The molecule has 0 N–H and O–H groups in total. The number of hydrogen-bond acceptors (Lipinski definition) is 3. The van der Waals surface area contributed by atoms with Crippen molar-refractivity contribution in [1.82, 2.24) is 4.90 Å². The molecule has 0 bridgehead atoms. The number of halogens is 4. The Morgan fingerprint density at radius 1 is 1.32 bits per heavy atom. The van der Waals surface area contributed by atoms with Crippen LogP contribution in [0.15, 0.2) is 0 Å². The molecule has 1 rings (SSSR count). The average molecular weight is 348 g/mol. The molecule has 0 aromatic heterocycles. The molecule has 19 heavy (non-hydrogen) atoms. The van der Waals surface area contributed by atoms with Crippen molar-refractivity contribution in [1.29, 1.82) is 0 Å². The van der Waals surface area contributed by atoms with Crippen LogP contribution in [0.5, 0.6) is 0 Å². The molecule has 1 aliphatic heterocycles. The molecule has 0 radical (unpaired) electrons. The van der Waals surface area contributed by atoms with Gasteiger partial charge in [-0.3, -0.25) is 0 Å². The number of alkyl halides is 4. The Bertz CT molecular complexity index is 330. The van der Waals surface area contributed by atoms with Gasteiger partial charge in [0.25, 0.3) is 0 Å². The lowest BCUT2D eigenvalue weighted by Gasteiger charge is -2.24. The molecule has 4 nitrogen and oxygen atoms in total. The number of rotatable bonds is 2. The molecular formula is C11H17BrF3NO3. The van der Waals surface area contributed by atoms with E-state index in [1.807, 2.05) is 0 Å². The first-order valence-electron chi connectivity index (χ1n) is 5.78. The fourth-order valence-electron chi connectivity index (χ4n) is 1.57. The molecule has 2 atom stereocenters. The summed E-state index contributed by atoms with van der Waals surface area (Å²) in [7, 11) is 0. The maximum atomic E-state index is 12.1. The summed E-state index contributed by atoms with van der Waals surface area (Å²) in [5.74, 6) is 0. The third-order valence-corrected chi connectivity index (χ3v) is 3.19. The molecule has 0 saturated carbocycles. The maximum Gasteiger partial charge on any atom is 0.411 e. The second-order valence-corrected chi connectivity index (χ2v) is 6.54. The SMILES string of the molecule is CC(C)(C)OC(=O)N1CC(Br)C(OCC(F)(F)F)C1. The maximum absolute atomic E-state index is 12.1. The monoisotopic (exact) mass is 347 g/mol. The number of amides is 1. The van der Waals surface area contributed by atoms with Crippen LogP contribution in [0.25, 0.3) is 0 Å². The Labute approximate surface area is 118 Å². The van der Waals surface area contributed by atoms with Gasteiger partial charge in [0.2, 0.25) is 0 Å². The van der Waals surface area contributed by atoms with Gasteiger partial charge in [-0.05, 0) is 20.8 Å². The highest BCUT2D eigenvalue weighted by Gasteiger charge is 2.39. The molecule has 1 aliphatic rings. The standard InChI is InChI=1S/C11H17BrF3NO3/c1-10(2,3)19-9(17)16-4-7(12)8(5-16)18-6-11(13,14)15/h7-8H,4-6H2,1-3H3. The number of carbonyl (C=O) groups is 1. The second-order valence-electron chi connectivity index (χ2n) is 5.37. The molecular weight excluding hydrogens is 331 g/mol. The third kappa shape index (κ3) is 5.99. The summed E-state index contributed by atoms with van der Waals surface area (Å²) in [4.78, 5) is 12.8. The average Bonchev–Trinajstić information content (AvgIpc) is 2.53. The van der Waals surface area contributed by atoms with Crippen molar-refractivity contribution in [3.8, 4) is 0 Å². The lowest BCUT2D eigenvalue weighted by atomic mass is 10.2. The van der Waals surface area contributed by atoms with E-state index in [-0.39, 0.29) is 17.9 Å². The third-order valence-electron chi connectivity index (χ3n) is 2.31. The van der Waals surface area contributed by atoms with Gasteiger partial charge in [-0.1, -0.05) is 15.9 Å². The second kappa shape index (κ2) is 5.87. The fraction of sp³-hybridized carbons (Fsp3) is 0.909. The number of nitrogens with zero attached hydrogens (tertiary/aromatic N) is 1. The van der Waals surface area contributed by atoms with Crippen LogP contribution in [0.2, 0.25) is 0 Å². The highest BCUT2D eigenvalue weighted by Crippen LogP contribution is 2.25. The number of ether oxygens (including phenoxy) is 2. The van der Waals surface area contributed by atoms with E-state index < -0.39 is 30.6 Å². The minimum Gasteiger partial charge on any atom is -0.444 e. The van der Waals surface area contributed by atoms with Crippen LogP contribution in [0.4, 0.5) is 18.0 Å². The first-order valence-corrected chi connectivity index (χ1v) is 6.70. The molecule has 0 aromatic rings. The Kier molecular flexibility index (Phi) is 5.11. The van der Waals surface area contributed by atoms with E-state index in [1.54, 1.807) is 20.8 Å². The van der Waals surface area contributed by atoms with Gasteiger partial charge in [0, 0.05) is 6.54 Å². The van der Waals surface area contributed by atoms with E-state index in [1.165, 1.54) is 4.90 Å². The van der Waals surface area contributed by atoms with Crippen LogP contribution in [-0.4, -0.2) is 53.4 Å². The minimum absolute atomic E-state index is 0.0842. The van der Waals surface area contributed by atoms with E-state index in [0.717, 1.165) is 0 Å². The summed E-state index contributed by atoms with van der Waals surface area (Å²) in [5, 5.41) is 0. The minimum atomic E-state index is -4.37. The van der Waals surface area contributed by atoms with Crippen LogP contribution in [0, 0.1) is 0 Å². The van der Waals surface area contributed by atoms with Crippen molar-refractivity contribution in [3.63, 3.8) is 0 Å². The van der Waals surface area contributed by atoms with E-state index in [2.05, 4.69) is 15.9 Å². The van der Waals surface area contributed by atoms with E-state index >= 15 is 0 Å². The van der Waals surface area contributed by atoms with Crippen molar-refractivity contribution >= 4 is 22.0 Å². The predicted molar refractivity (Wildman–Crippen MR) is 66.3 cm³/mol. The van der Waals surface area contributed by atoms with Crippen molar-refractivity contribution < 1.29 is 27.4 Å². The van der Waals surface area contributed by atoms with Gasteiger partial charge in [-0.2, -0.15) is 13.2 Å². The molecule has 0 spiro atoms. The van der Waals surface area contributed by atoms with Gasteiger partial charge >= 0.3 is 12.3 Å². The summed E-state index contributed by atoms with van der Waals surface area (Å²) in [5.41, 5.74) is -0.635. The van der Waals surface area contributed by atoms with Gasteiger partial charge < -0.3 is 14.4 Å². The topological polar surface area (TPSA) is 38.8 Å². The molecule has 2 unspecified atom stereocenters. The number of likely N-dealkylation sites (tertiary alicyclic amines) is 1. The Morgan fingerprint density at radius 2 is 1.89 bits per heavy atom. The van der Waals surface area contributed by atoms with Crippen molar-refractivity contribution in [2.45, 2.75) is 43.5 Å². The molecule has 1 heterocycles. The van der Waals surface area contributed by atoms with Gasteiger partial charge in [0.1, 0.15) is 12.2 Å². The van der Waals surface area contributed by atoms with Gasteiger partial charge in [-0.15, -0.1) is 0 Å². The zero-order chi connectivity index (χ0) is 14.8. The molecule has 0 aliphatic carbocycles. The van der Waals surface area contributed by atoms with Crippen molar-refractivity contribution in [3.05, 3.63) is 0 Å². The fourth-order valence-corrected chi connectivity index (χ4v) is 2.24. The predicted octanol–water partition coefficient (Wildman–Crippen LogP) is 2.95. The lowest BCUT2D eigenvalue weighted by molar-refractivity contribution is -0.183. The number of hydrogen-bond donors (Lipinski definition) is 0. The van der Waals surface area contributed by atoms with Gasteiger partial charge in [0.05, 0.1) is 17.5 Å². The first kappa shape index (κ1) is 16.6. The first-order chi connectivity index (χ1) is 8.48. The zero-order valence-electron chi connectivity index (χ0n) is 11.0. The molecule has 1 amide bonds. The van der Waals surface area contributed by atoms with Crippen LogP contribution in [-0.2, 0) is 9.47 Å². The van der Waals surface area contributed by atoms with Crippen LogP contribution >= 0.6 is 15.9 Å². The van der Waals surface area contributed by atoms with E-state index in [4.69, 9.17) is 9.47 Å². The highest BCUT2D eigenvalue weighted by molar-refractivity contribution is 9.09. The summed E-state index contributed by atoms with van der Waals surface area (Å²) < 4.78 is 46.1. The summed E-state index contributed by atoms with van der Waals surface area (Å²) in [6.07, 6.45) is -5.60. The van der Waals surface area contributed by atoms with Crippen LogP contribution in [0.1, 0.15) is 20.8 Å². The largest absolute Gasteiger partial charge is 0.444 e. The molecule has 112 valence electrons. The van der Waals surface area contributed by atoms with Crippen LogP contribution in [0.3, 0.4) is 0 Å². The van der Waals surface area contributed by atoms with Crippen molar-refractivity contribution in [2.24, 2.45) is 0 Å². The van der Waals surface area contributed by atoms with Gasteiger partial charge in [-0.25, -0.2) is 4.79 Å². The quantitative estimate of drug-likeness (QED) is 0.721. The molecule has 0 aromatic carbocycles. The smallest absolute Gasteiger partial charge is 0.411 e. The summed E-state index contributed by atoms with van der Waals surface area (Å²) >= 11 is 3.22. The van der Waals surface area contributed by atoms with Gasteiger partial charge in [0.15, 0.2) is 0 Å². The molecule has 1 fully saturated rings. The Balaban J connectivity index is 2.48.